The average molecular weight is 457 g/mol. The quantitative estimate of drug-likeness (QED) is 0.501. The van der Waals surface area contributed by atoms with Gasteiger partial charge in [0.05, 0.1) is 16.5 Å². The molecule has 1 saturated carbocycles. The molecule has 2 heterocycles. The summed E-state index contributed by atoms with van der Waals surface area (Å²) in [6, 6.07) is 6.13. The number of fused-ring (bicyclic) bond motifs is 3. The molecule has 1 aromatic carbocycles. The lowest BCUT2D eigenvalue weighted by Gasteiger charge is -2.29. The van der Waals surface area contributed by atoms with Crippen LogP contribution in [0.1, 0.15) is 50.9 Å². The second-order valence-electron chi connectivity index (χ2n) is 8.89. The largest absolute Gasteiger partial charge is 0.367 e. The van der Waals surface area contributed by atoms with Gasteiger partial charge < -0.3 is 15.6 Å². The second-order valence-corrected chi connectivity index (χ2v) is 9.80. The number of rotatable bonds is 4. The Kier molecular flexibility index (Phi) is 4.89. The highest BCUT2D eigenvalue weighted by Crippen LogP contribution is 2.33. The molecule has 0 saturated heterocycles. The molecule has 0 aliphatic heterocycles. The summed E-state index contributed by atoms with van der Waals surface area (Å²) in [5.74, 6) is 0.471. The van der Waals surface area contributed by atoms with Gasteiger partial charge in [0.2, 0.25) is 0 Å². The molecular formula is C22H25BrN4O2. The van der Waals surface area contributed by atoms with E-state index in [2.05, 4.69) is 59.2 Å². The zero-order valence-electron chi connectivity index (χ0n) is 17.0. The van der Waals surface area contributed by atoms with Gasteiger partial charge in [-0.15, -0.1) is 0 Å². The first-order valence-electron chi connectivity index (χ1n) is 9.87. The van der Waals surface area contributed by atoms with Crippen LogP contribution in [0.4, 0.5) is 5.82 Å². The Balaban J connectivity index is 1.98. The van der Waals surface area contributed by atoms with E-state index < -0.39 is 0 Å². The van der Waals surface area contributed by atoms with E-state index >= 15 is 0 Å². The fraction of sp³-hybridized carbons (Fsp3) is 0.409. The lowest BCUT2D eigenvalue weighted by molar-refractivity contribution is 0.0952. The monoisotopic (exact) mass is 456 g/mol. The summed E-state index contributed by atoms with van der Waals surface area (Å²) in [6.45, 7) is 8.58. The van der Waals surface area contributed by atoms with Gasteiger partial charge in [-0.25, -0.2) is 4.98 Å². The summed E-state index contributed by atoms with van der Waals surface area (Å²) in [5.41, 5.74) is 0.563. The number of aromatic amines is 1. The third-order valence-corrected chi connectivity index (χ3v) is 6.10. The number of hydrogen-bond acceptors (Lipinski definition) is 4. The van der Waals surface area contributed by atoms with Gasteiger partial charge in [0.15, 0.2) is 0 Å². The molecule has 29 heavy (non-hydrogen) atoms. The van der Waals surface area contributed by atoms with Crippen LogP contribution in [0.2, 0.25) is 0 Å². The summed E-state index contributed by atoms with van der Waals surface area (Å²) < 4.78 is 0.861. The first-order valence-corrected chi connectivity index (χ1v) is 10.7. The van der Waals surface area contributed by atoms with E-state index in [1.54, 1.807) is 0 Å². The van der Waals surface area contributed by atoms with Crippen LogP contribution in [0.15, 0.2) is 33.7 Å². The van der Waals surface area contributed by atoms with Crippen molar-refractivity contribution in [3.8, 4) is 0 Å². The van der Waals surface area contributed by atoms with Crippen LogP contribution in [0.25, 0.3) is 21.7 Å². The Morgan fingerprint density at radius 3 is 2.66 bits per heavy atom. The summed E-state index contributed by atoms with van der Waals surface area (Å²) in [4.78, 5) is 33.1. The number of aromatic nitrogens is 2. The minimum Gasteiger partial charge on any atom is -0.367 e. The fourth-order valence-corrected chi connectivity index (χ4v) is 3.54. The van der Waals surface area contributed by atoms with Crippen molar-refractivity contribution in [2.24, 2.45) is 5.41 Å². The molecule has 1 aliphatic carbocycles. The Hall–Kier alpha value is -2.41. The van der Waals surface area contributed by atoms with Crippen molar-refractivity contribution in [1.29, 1.82) is 0 Å². The summed E-state index contributed by atoms with van der Waals surface area (Å²) in [6.07, 6.45) is 3.45. The maximum atomic E-state index is 12.8. The lowest BCUT2D eigenvalue weighted by atomic mass is 9.88. The number of benzene rings is 1. The zero-order valence-corrected chi connectivity index (χ0v) is 18.6. The fourth-order valence-electron chi connectivity index (χ4n) is 3.18. The van der Waals surface area contributed by atoms with Crippen LogP contribution < -0.4 is 16.2 Å². The van der Waals surface area contributed by atoms with E-state index in [1.165, 1.54) is 6.20 Å². The second kappa shape index (κ2) is 7.13. The van der Waals surface area contributed by atoms with E-state index in [1.807, 2.05) is 18.2 Å². The SMILES string of the molecule is CC(Nc1nc2c(C(=O)NC3CC3)c[nH]c(=O)c2c2cc(Br)ccc12)C(C)(C)C. The molecule has 3 N–H and O–H groups in total. The number of nitrogens with one attached hydrogen (secondary N) is 3. The number of amides is 1. The third kappa shape index (κ3) is 3.88. The highest BCUT2D eigenvalue weighted by molar-refractivity contribution is 9.10. The molecule has 1 unspecified atom stereocenters. The summed E-state index contributed by atoms with van der Waals surface area (Å²) in [7, 11) is 0. The molecule has 6 nitrogen and oxygen atoms in total. The Bertz CT molecular complexity index is 1180. The molecule has 1 amide bonds. The number of anilines is 1. The van der Waals surface area contributed by atoms with Crippen molar-refractivity contribution in [3.05, 3.63) is 44.8 Å². The number of halogens is 1. The maximum Gasteiger partial charge on any atom is 0.258 e. The highest BCUT2D eigenvalue weighted by Gasteiger charge is 2.27. The molecule has 2 aromatic heterocycles. The van der Waals surface area contributed by atoms with Crippen molar-refractivity contribution < 1.29 is 4.79 Å². The molecule has 3 aromatic rings. The summed E-state index contributed by atoms with van der Waals surface area (Å²) in [5, 5.41) is 8.54. The Labute approximate surface area is 177 Å². The molecule has 4 rings (SSSR count). The number of nitrogens with zero attached hydrogens (tertiary/aromatic N) is 1. The number of hydrogen-bond donors (Lipinski definition) is 3. The van der Waals surface area contributed by atoms with Gasteiger partial charge in [0.25, 0.3) is 11.5 Å². The molecule has 1 atom stereocenters. The smallest absolute Gasteiger partial charge is 0.258 e. The maximum absolute atomic E-state index is 12.8. The Morgan fingerprint density at radius 1 is 1.28 bits per heavy atom. The summed E-state index contributed by atoms with van der Waals surface area (Å²) >= 11 is 3.51. The molecular weight excluding hydrogens is 432 g/mol. The van der Waals surface area contributed by atoms with Crippen molar-refractivity contribution in [2.75, 3.05) is 5.32 Å². The van der Waals surface area contributed by atoms with Gasteiger partial charge in [-0.3, -0.25) is 9.59 Å². The predicted octanol–water partition coefficient (Wildman–Crippen LogP) is 4.58. The molecule has 7 heteroatoms. The topological polar surface area (TPSA) is 86.9 Å². The van der Waals surface area contributed by atoms with E-state index in [0.29, 0.717) is 22.3 Å². The van der Waals surface area contributed by atoms with Crippen LogP contribution in [-0.4, -0.2) is 28.0 Å². The molecule has 152 valence electrons. The first-order chi connectivity index (χ1) is 13.6. The normalized spacial score (nSPS) is 15.5. The van der Waals surface area contributed by atoms with Gasteiger partial charge in [-0.2, -0.15) is 0 Å². The molecule has 1 aliphatic rings. The van der Waals surface area contributed by atoms with Gasteiger partial charge in [-0.1, -0.05) is 36.7 Å². The predicted molar refractivity (Wildman–Crippen MR) is 121 cm³/mol. The van der Waals surface area contributed by atoms with Crippen molar-refractivity contribution in [1.82, 2.24) is 15.3 Å². The molecule has 0 spiro atoms. The van der Waals surface area contributed by atoms with Crippen LogP contribution >= 0.6 is 15.9 Å². The number of H-pyrrole nitrogens is 1. The van der Waals surface area contributed by atoms with Crippen LogP contribution in [0.5, 0.6) is 0 Å². The number of pyridine rings is 2. The number of carbonyl (C=O) groups excluding carboxylic acids is 1. The molecule has 0 radical (unpaired) electrons. The van der Waals surface area contributed by atoms with Crippen LogP contribution in [0, 0.1) is 5.41 Å². The zero-order chi connectivity index (χ0) is 20.9. The van der Waals surface area contributed by atoms with Gasteiger partial charge in [0, 0.05) is 33.5 Å². The molecule has 0 bridgehead atoms. The van der Waals surface area contributed by atoms with E-state index in [-0.39, 0.29) is 29.0 Å². The van der Waals surface area contributed by atoms with Gasteiger partial charge >= 0.3 is 0 Å². The van der Waals surface area contributed by atoms with Gasteiger partial charge in [0.1, 0.15) is 5.82 Å². The minimum absolute atomic E-state index is 0.0126. The average Bonchev–Trinajstić information content (AvgIpc) is 3.44. The van der Waals surface area contributed by atoms with Gasteiger partial charge in [-0.05, 0) is 43.4 Å². The van der Waals surface area contributed by atoms with E-state index in [9.17, 15) is 9.59 Å². The van der Waals surface area contributed by atoms with Crippen LogP contribution in [0.3, 0.4) is 0 Å². The van der Waals surface area contributed by atoms with Crippen molar-refractivity contribution >= 4 is 49.3 Å². The standard InChI is InChI=1S/C22H25BrN4O2/c1-11(22(2,3)4)25-19-14-8-5-12(23)9-15(14)17-18(27-19)16(10-24-21(17)29)20(28)26-13-6-7-13/h5,8-11,13H,6-7H2,1-4H3,(H,24,29)(H,25,27)(H,26,28). The number of carbonyl (C=O) groups is 1. The van der Waals surface area contributed by atoms with Crippen LogP contribution in [-0.2, 0) is 0 Å². The highest BCUT2D eigenvalue weighted by atomic mass is 79.9. The molecule has 1 fully saturated rings. The lowest BCUT2D eigenvalue weighted by Crippen LogP contribution is -2.31. The van der Waals surface area contributed by atoms with E-state index in [4.69, 9.17) is 4.98 Å². The van der Waals surface area contributed by atoms with Crippen molar-refractivity contribution in [2.45, 2.75) is 52.6 Å². The minimum atomic E-state index is -0.256. The Morgan fingerprint density at radius 2 is 2.00 bits per heavy atom. The first kappa shape index (κ1) is 19.9. The third-order valence-electron chi connectivity index (χ3n) is 5.61. The van der Waals surface area contributed by atoms with E-state index in [0.717, 1.165) is 28.1 Å². The van der Waals surface area contributed by atoms with Crippen molar-refractivity contribution in [3.63, 3.8) is 0 Å².